The van der Waals surface area contributed by atoms with E-state index in [2.05, 4.69) is 17.2 Å². The van der Waals surface area contributed by atoms with E-state index in [0.29, 0.717) is 0 Å². The fraction of sp³-hybridized carbons (Fsp3) is 0.500. The van der Waals surface area contributed by atoms with Gasteiger partial charge >= 0.3 is 6.09 Å². The van der Waals surface area contributed by atoms with Crippen molar-refractivity contribution in [2.45, 2.75) is 19.4 Å². The first-order valence-corrected chi connectivity index (χ1v) is 3.79. The van der Waals surface area contributed by atoms with Gasteiger partial charge in [0.2, 0.25) is 5.91 Å². The predicted octanol–water partition coefficient (Wildman–Crippen LogP) is 0.335. The lowest BCUT2D eigenvalue weighted by molar-refractivity contribution is -0.117. The molecule has 0 aliphatic carbocycles. The van der Waals surface area contributed by atoms with Crippen LogP contribution in [0.2, 0.25) is 0 Å². The molecule has 0 atom stereocenters. The molecule has 3 N–H and O–H groups in total. The summed E-state index contributed by atoms with van der Waals surface area (Å²) in [6.07, 6.45) is 0.0311. The SMILES string of the molecule is C=CC(=O)NC(C)(C)CNC(=O)O. The molecule has 0 aromatic carbocycles. The van der Waals surface area contributed by atoms with Gasteiger partial charge in [-0.3, -0.25) is 4.79 Å². The monoisotopic (exact) mass is 186 g/mol. The molecule has 0 rings (SSSR count). The Balaban J connectivity index is 3.99. The van der Waals surface area contributed by atoms with E-state index in [4.69, 9.17) is 5.11 Å². The molecule has 2 amide bonds. The maximum absolute atomic E-state index is 10.9. The molecule has 0 unspecified atom stereocenters. The number of hydrogen-bond donors (Lipinski definition) is 3. The first-order valence-electron chi connectivity index (χ1n) is 3.79. The zero-order chi connectivity index (χ0) is 10.5. The van der Waals surface area contributed by atoms with Crippen molar-refractivity contribution >= 4 is 12.0 Å². The average molecular weight is 186 g/mol. The summed E-state index contributed by atoms with van der Waals surface area (Å²) < 4.78 is 0. The van der Waals surface area contributed by atoms with Gasteiger partial charge in [0.15, 0.2) is 0 Å². The van der Waals surface area contributed by atoms with Gasteiger partial charge in [0, 0.05) is 6.54 Å². The van der Waals surface area contributed by atoms with Gasteiger partial charge in [-0.1, -0.05) is 6.58 Å². The molecule has 0 radical (unpaired) electrons. The molecule has 0 aliphatic heterocycles. The third kappa shape index (κ3) is 5.72. The van der Waals surface area contributed by atoms with E-state index >= 15 is 0 Å². The maximum Gasteiger partial charge on any atom is 0.404 e. The average Bonchev–Trinajstić information content (AvgIpc) is 2.00. The van der Waals surface area contributed by atoms with Crippen LogP contribution in [-0.4, -0.2) is 29.2 Å². The smallest absolute Gasteiger partial charge is 0.404 e. The minimum absolute atomic E-state index is 0.155. The van der Waals surface area contributed by atoms with Crippen LogP contribution in [0, 0.1) is 0 Å². The van der Waals surface area contributed by atoms with Crippen LogP contribution in [0.5, 0.6) is 0 Å². The van der Waals surface area contributed by atoms with Crippen molar-refractivity contribution in [1.82, 2.24) is 10.6 Å². The largest absolute Gasteiger partial charge is 0.465 e. The third-order valence-electron chi connectivity index (χ3n) is 1.33. The summed E-state index contributed by atoms with van der Waals surface area (Å²) in [6.45, 7) is 6.87. The molecule has 5 nitrogen and oxygen atoms in total. The first kappa shape index (κ1) is 11.5. The van der Waals surface area contributed by atoms with Gasteiger partial charge in [-0.2, -0.15) is 0 Å². The fourth-order valence-corrected chi connectivity index (χ4v) is 0.725. The van der Waals surface area contributed by atoms with Gasteiger partial charge in [0.1, 0.15) is 0 Å². The van der Waals surface area contributed by atoms with Crippen LogP contribution in [-0.2, 0) is 4.79 Å². The zero-order valence-electron chi connectivity index (χ0n) is 7.76. The van der Waals surface area contributed by atoms with E-state index in [1.165, 1.54) is 0 Å². The number of amides is 2. The lowest BCUT2D eigenvalue weighted by Crippen LogP contribution is -2.50. The van der Waals surface area contributed by atoms with Crippen LogP contribution in [0.3, 0.4) is 0 Å². The van der Waals surface area contributed by atoms with Crippen molar-refractivity contribution in [1.29, 1.82) is 0 Å². The lowest BCUT2D eigenvalue weighted by atomic mass is 10.1. The summed E-state index contributed by atoms with van der Waals surface area (Å²) >= 11 is 0. The van der Waals surface area contributed by atoms with Gasteiger partial charge < -0.3 is 15.7 Å². The molecule has 5 heteroatoms. The van der Waals surface area contributed by atoms with Gasteiger partial charge in [-0.25, -0.2) is 4.79 Å². The summed E-state index contributed by atoms with van der Waals surface area (Å²) in [4.78, 5) is 21.0. The summed E-state index contributed by atoms with van der Waals surface area (Å²) in [5.74, 6) is -0.322. The Hall–Kier alpha value is -1.52. The van der Waals surface area contributed by atoms with Gasteiger partial charge in [-0.15, -0.1) is 0 Å². The van der Waals surface area contributed by atoms with Crippen molar-refractivity contribution in [2.24, 2.45) is 0 Å². The molecular formula is C8H14N2O3. The highest BCUT2D eigenvalue weighted by Gasteiger charge is 2.19. The summed E-state index contributed by atoms with van der Waals surface area (Å²) in [5.41, 5.74) is -0.607. The molecule has 0 aromatic rings. The predicted molar refractivity (Wildman–Crippen MR) is 48.4 cm³/mol. The summed E-state index contributed by atoms with van der Waals surface area (Å²) in [6, 6.07) is 0. The topological polar surface area (TPSA) is 78.4 Å². The quantitative estimate of drug-likeness (QED) is 0.554. The lowest BCUT2D eigenvalue weighted by Gasteiger charge is -2.25. The molecule has 0 saturated carbocycles. The van der Waals surface area contributed by atoms with Crippen molar-refractivity contribution in [2.75, 3.05) is 6.54 Å². The molecule has 0 aliphatic rings. The summed E-state index contributed by atoms with van der Waals surface area (Å²) in [5, 5.41) is 13.1. The minimum atomic E-state index is -1.11. The van der Waals surface area contributed by atoms with E-state index in [0.717, 1.165) is 6.08 Å². The van der Waals surface area contributed by atoms with E-state index in [9.17, 15) is 9.59 Å². The highest BCUT2D eigenvalue weighted by atomic mass is 16.4. The Labute approximate surface area is 76.8 Å². The zero-order valence-corrected chi connectivity index (χ0v) is 7.76. The van der Waals surface area contributed by atoms with Crippen LogP contribution in [0.25, 0.3) is 0 Å². The van der Waals surface area contributed by atoms with Crippen LogP contribution in [0.4, 0.5) is 4.79 Å². The molecule has 0 heterocycles. The molecule has 13 heavy (non-hydrogen) atoms. The number of carbonyl (C=O) groups is 2. The molecule has 0 fully saturated rings. The number of nitrogens with one attached hydrogen (secondary N) is 2. The Kier molecular flexibility index (Phi) is 3.97. The second-order valence-electron chi connectivity index (χ2n) is 3.24. The maximum atomic E-state index is 10.9. The normalized spacial score (nSPS) is 10.3. The Morgan fingerprint density at radius 3 is 2.46 bits per heavy atom. The van der Waals surface area contributed by atoms with Crippen molar-refractivity contribution in [3.8, 4) is 0 Å². The third-order valence-corrected chi connectivity index (χ3v) is 1.33. The minimum Gasteiger partial charge on any atom is -0.465 e. The highest BCUT2D eigenvalue weighted by molar-refractivity contribution is 5.87. The molecule has 0 aromatic heterocycles. The van der Waals surface area contributed by atoms with Crippen LogP contribution < -0.4 is 10.6 Å². The Morgan fingerprint density at radius 2 is 2.08 bits per heavy atom. The van der Waals surface area contributed by atoms with Crippen LogP contribution >= 0.6 is 0 Å². The van der Waals surface area contributed by atoms with Crippen molar-refractivity contribution < 1.29 is 14.7 Å². The Bertz CT molecular complexity index is 223. The second kappa shape index (κ2) is 4.49. The number of rotatable bonds is 4. The van der Waals surface area contributed by atoms with E-state index < -0.39 is 11.6 Å². The van der Waals surface area contributed by atoms with Crippen molar-refractivity contribution in [3.63, 3.8) is 0 Å². The van der Waals surface area contributed by atoms with Crippen LogP contribution in [0.15, 0.2) is 12.7 Å². The highest BCUT2D eigenvalue weighted by Crippen LogP contribution is 1.99. The van der Waals surface area contributed by atoms with E-state index in [-0.39, 0.29) is 12.5 Å². The van der Waals surface area contributed by atoms with E-state index in [1.807, 2.05) is 0 Å². The second-order valence-corrected chi connectivity index (χ2v) is 3.24. The number of carboxylic acid groups (broad SMARTS) is 1. The molecule has 0 spiro atoms. The molecule has 0 saturated heterocycles. The fourth-order valence-electron chi connectivity index (χ4n) is 0.725. The van der Waals surface area contributed by atoms with E-state index in [1.54, 1.807) is 13.8 Å². The van der Waals surface area contributed by atoms with Crippen LogP contribution in [0.1, 0.15) is 13.8 Å². The first-order chi connectivity index (χ1) is 5.87. The van der Waals surface area contributed by atoms with Gasteiger partial charge in [-0.05, 0) is 19.9 Å². The number of carbonyl (C=O) groups excluding carboxylic acids is 1. The van der Waals surface area contributed by atoms with Gasteiger partial charge in [0.05, 0.1) is 5.54 Å². The number of hydrogen-bond acceptors (Lipinski definition) is 2. The summed E-state index contributed by atoms with van der Waals surface area (Å²) in [7, 11) is 0. The van der Waals surface area contributed by atoms with Gasteiger partial charge in [0.25, 0.3) is 0 Å². The molecular weight excluding hydrogens is 172 g/mol. The van der Waals surface area contributed by atoms with Crippen molar-refractivity contribution in [3.05, 3.63) is 12.7 Å². The Morgan fingerprint density at radius 1 is 1.54 bits per heavy atom. The molecule has 74 valence electrons. The standard InChI is InChI=1S/C8H14N2O3/c1-4-6(11)10-8(2,3)5-9-7(12)13/h4,9H,1,5H2,2-3H3,(H,10,11)(H,12,13). The molecule has 0 bridgehead atoms.